The molecule has 0 unspecified atom stereocenters. The van der Waals surface area contributed by atoms with Gasteiger partial charge in [0.2, 0.25) is 0 Å². The van der Waals surface area contributed by atoms with E-state index in [2.05, 4.69) is 10.6 Å². The minimum Gasteiger partial charge on any atom is -0.314 e. The van der Waals surface area contributed by atoms with E-state index >= 15 is 0 Å². The van der Waals surface area contributed by atoms with Crippen LogP contribution in [0.25, 0.3) is 6.08 Å². The Morgan fingerprint density at radius 3 is 2.60 bits per heavy atom. The highest BCUT2D eigenvalue weighted by Crippen LogP contribution is 2.09. The molecule has 0 saturated heterocycles. The lowest BCUT2D eigenvalue weighted by molar-refractivity contribution is 0.255. The summed E-state index contributed by atoms with van der Waals surface area (Å²) in [6, 6.07) is 13.2. The Hall–Kier alpha value is -2.62. The number of carbonyl (C=O) groups is 1. The predicted octanol–water partition coefficient (Wildman–Crippen LogP) is 3.93. The normalized spacial score (nSPS) is 10.5. The average molecular weight is 270 g/mol. The standard InChI is InChI=1S/C16H15FN2O/c1-12-3-2-4-15(11-12)19-16(20)18-10-9-13-5-7-14(17)8-6-13/h2-11H,1H3,(H2,18,19,20)/b10-9+. The molecule has 2 amide bonds. The predicted molar refractivity (Wildman–Crippen MR) is 78.8 cm³/mol. The largest absolute Gasteiger partial charge is 0.323 e. The highest BCUT2D eigenvalue weighted by atomic mass is 19.1. The van der Waals surface area contributed by atoms with Gasteiger partial charge >= 0.3 is 6.03 Å². The maximum Gasteiger partial charge on any atom is 0.323 e. The quantitative estimate of drug-likeness (QED) is 0.871. The lowest BCUT2D eigenvalue weighted by Gasteiger charge is -2.05. The number of carbonyl (C=O) groups excluding carboxylic acids is 1. The zero-order valence-electron chi connectivity index (χ0n) is 11.1. The summed E-state index contributed by atoms with van der Waals surface area (Å²) in [5, 5.41) is 5.31. The van der Waals surface area contributed by atoms with Gasteiger partial charge in [0.05, 0.1) is 0 Å². The van der Waals surface area contributed by atoms with E-state index in [0.29, 0.717) is 0 Å². The van der Waals surface area contributed by atoms with Crippen LogP contribution in [0.2, 0.25) is 0 Å². The molecule has 2 aromatic carbocycles. The van der Waals surface area contributed by atoms with Crippen molar-refractivity contribution < 1.29 is 9.18 Å². The first-order valence-corrected chi connectivity index (χ1v) is 6.20. The maximum absolute atomic E-state index is 12.7. The van der Waals surface area contributed by atoms with E-state index in [1.165, 1.54) is 18.3 Å². The van der Waals surface area contributed by atoms with Crippen molar-refractivity contribution in [3.8, 4) is 0 Å². The number of hydrogen-bond donors (Lipinski definition) is 2. The molecule has 0 spiro atoms. The van der Waals surface area contributed by atoms with E-state index in [9.17, 15) is 9.18 Å². The van der Waals surface area contributed by atoms with E-state index < -0.39 is 0 Å². The molecule has 102 valence electrons. The van der Waals surface area contributed by atoms with Gasteiger partial charge in [-0.2, -0.15) is 0 Å². The van der Waals surface area contributed by atoms with Crippen LogP contribution in [0, 0.1) is 12.7 Å². The van der Waals surface area contributed by atoms with Crippen molar-refractivity contribution >= 4 is 17.8 Å². The summed E-state index contributed by atoms with van der Waals surface area (Å²) in [6.45, 7) is 1.96. The Kier molecular flexibility index (Phi) is 4.50. The Labute approximate surface area is 117 Å². The van der Waals surface area contributed by atoms with Crippen molar-refractivity contribution in [1.29, 1.82) is 0 Å². The average Bonchev–Trinajstić information content (AvgIpc) is 2.41. The van der Waals surface area contributed by atoms with Crippen molar-refractivity contribution in [1.82, 2.24) is 5.32 Å². The van der Waals surface area contributed by atoms with Gasteiger partial charge in [-0.15, -0.1) is 0 Å². The van der Waals surface area contributed by atoms with Crippen molar-refractivity contribution in [2.45, 2.75) is 6.92 Å². The second kappa shape index (κ2) is 6.52. The van der Waals surface area contributed by atoms with E-state index in [4.69, 9.17) is 0 Å². The van der Waals surface area contributed by atoms with Crippen LogP contribution in [0.4, 0.5) is 14.9 Å². The minimum atomic E-state index is -0.325. The van der Waals surface area contributed by atoms with Crippen molar-refractivity contribution in [2.24, 2.45) is 0 Å². The third kappa shape index (κ3) is 4.24. The first kappa shape index (κ1) is 13.8. The molecule has 4 heteroatoms. The molecular weight excluding hydrogens is 255 g/mol. The lowest BCUT2D eigenvalue weighted by atomic mass is 10.2. The van der Waals surface area contributed by atoms with Crippen molar-refractivity contribution in [3.05, 3.63) is 71.7 Å². The number of benzene rings is 2. The second-order valence-electron chi connectivity index (χ2n) is 4.35. The fourth-order valence-electron chi connectivity index (χ4n) is 1.68. The van der Waals surface area contributed by atoms with Gasteiger partial charge < -0.3 is 10.6 Å². The molecule has 0 fully saturated rings. The highest BCUT2D eigenvalue weighted by molar-refractivity contribution is 5.90. The molecule has 0 radical (unpaired) electrons. The highest BCUT2D eigenvalue weighted by Gasteiger charge is 1.98. The first-order valence-electron chi connectivity index (χ1n) is 6.20. The fourth-order valence-corrected chi connectivity index (χ4v) is 1.68. The summed E-state index contributed by atoms with van der Waals surface area (Å²) in [6.07, 6.45) is 3.20. The van der Waals surface area contributed by atoms with Gasteiger partial charge in [0.15, 0.2) is 0 Å². The molecule has 0 aromatic heterocycles. The number of aryl methyl sites for hydroxylation is 1. The summed E-state index contributed by atoms with van der Waals surface area (Å²) < 4.78 is 12.7. The maximum atomic E-state index is 12.7. The molecular formula is C16H15FN2O. The zero-order valence-corrected chi connectivity index (χ0v) is 11.1. The molecule has 0 atom stereocenters. The van der Waals surface area contributed by atoms with Gasteiger partial charge in [0.25, 0.3) is 0 Å². The molecule has 0 aliphatic carbocycles. The topological polar surface area (TPSA) is 41.1 Å². The molecule has 0 aliphatic rings. The van der Waals surface area contributed by atoms with E-state index in [1.807, 2.05) is 31.2 Å². The smallest absolute Gasteiger partial charge is 0.314 e. The number of halogens is 1. The molecule has 0 bridgehead atoms. The van der Waals surface area contributed by atoms with Crippen molar-refractivity contribution in [2.75, 3.05) is 5.32 Å². The van der Waals surface area contributed by atoms with Crippen LogP contribution in [0.15, 0.2) is 54.7 Å². The van der Waals surface area contributed by atoms with Gasteiger partial charge in [0.1, 0.15) is 5.82 Å². The van der Waals surface area contributed by atoms with Crippen LogP contribution in [-0.4, -0.2) is 6.03 Å². The number of amides is 2. The number of hydrogen-bond acceptors (Lipinski definition) is 1. The van der Waals surface area contributed by atoms with Gasteiger partial charge in [-0.3, -0.25) is 0 Å². The Bertz CT molecular complexity index is 621. The van der Waals surface area contributed by atoms with Crippen LogP contribution in [0.5, 0.6) is 0 Å². The first-order chi connectivity index (χ1) is 9.63. The monoisotopic (exact) mass is 270 g/mol. The van der Waals surface area contributed by atoms with E-state index in [1.54, 1.807) is 18.2 Å². The minimum absolute atomic E-state index is 0.285. The summed E-state index contributed by atoms with van der Waals surface area (Å²) in [4.78, 5) is 11.6. The molecule has 2 aromatic rings. The Balaban J connectivity index is 1.87. The van der Waals surface area contributed by atoms with Gasteiger partial charge in [0, 0.05) is 11.9 Å². The lowest BCUT2D eigenvalue weighted by Crippen LogP contribution is -2.23. The van der Waals surface area contributed by atoms with E-state index in [0.717, 1.165) is 16.8 Å². The van der Waals surface area contributed by atoms with Crippen LogP contribution in [-0.2, 0) is 0 Å². The van der Waals surface area contributed by atoms with Gasteiger partial charge in [-0.25, -0.2) is 9.18 Å². The zero-order chi connectivity index (χ0) is 14.4. The molecule has 2 N–H and O–H groups in total. The molecule has 20 heavy (non-hydrogen) atoms. The number of anilines is 1. The number of urea groups is 1. The number of nitrogens with one attached hydrogen (secondary N) is 2. The Morgan fingerprint density at radius 1 is 1.15 bits per heavy atom. The molecule has 0 aliphatic heterocycles. The number of rotatable bonds is 3. The van der Waals surface area contributed by atoms with Crippen LogP contribution < -0.4 is 10.6 Å². The summed E-state index contributed by atoms with van der Waals surface area (Å²) in [5.74, 6) is -0.285. The third-order valence-corrected chi connectivity index (χ3v) is 2.64. The van der Waals surface area contributed by atoms with E-state index in [-0.39, 0.29) is 11.8 Å². The summed E-state index contributed by atoms with van der Waals surface area (Å²) >= 11 is 0. The molecule has 2 rings (SSSR count). The second-order valence-corrected chi connectivity index (χ2v) is 4.35. The fraction of sp³-hybridized carbons (Fsp3) is 0.0625. The molecule has 3 nitrogen and oxygen atoms in total. The van der Waals surface area contributed by atoms with Gasteiger partial charge in [-0.05, 0) is 48.4 Å². The van der Waals surface area contributed by atoms with Crippen LogP contribution in [0.3, 0.4) is 0 Å². The summed E-state index contributed by atoms with van der Waals surface area (Å²) in [7, 11) is 0. The van der Waals surface area contributed by atoms with Crippen LogP contribution >= 0.6 is 0 Å². The van der Waals surface area contributed by atoms with Crippen molar-refractivity contribution in [3.63, 3.8) is 0 Å². The third-order valence-electron chi connectivity index (χ3n) is 2.64. The molecule has 0 saturated carbocycles. The summed E-state index contributed by atoms with van der Waals surface area (Å²) in [5.41, 5.74) is 2.62. The Morgan fingerprint density at radius 2 is 1.90 bits per heavy atom. The SMILES string of the molecule is Cc1cccc(NC(=O)N/C=C/c2ccc(F)cc2)c1. The molecule has 0 heterocycles. The van der Waals surface area contributed by atoms with Gasteiger partial charge in [-0.1, -0.05) is 24.3 Å². The van der Waals surface area contributed by atoms with Crippen LogP contribution in [0.1, 0.15) is 11.1 Å².